The van der Waals surface area contributed by atoms with Gasteiger partial charge in [-0.1, -0.05) is 11.6 Å². The summed E-state index contributed by atoms with van der Waals surface area (Å²) in [4.78, 5) is 24.1. The maximum Gasteiger partial charge on any atom is 0.329 e. The molecule has 1 aromatic carbocycles. The number of amides is 1. The van der Waals surface area contributed by atoms with Crippen LogP contribution in [-0.4, -0.2) is 32.3 Å². The predicted molar refractivity (Wildman–Crippen MR) is 89.5 cm³/mol. The number of rotatable bonds is 5. The summed E-state index contributed by atoms with van der Waals surface area (Å²) in [5.74, 6) is -1.46. The predicted octanol–water partition coefficient (Wildman–Crippen LogP) is 2.82. The molecule has 1 aliphatic carbocycles. The summed E-state index contributed by atoms with van der Waals surface area (Å²) in [6, 6.07) is 7.06. The quantitative estimate of drug-likeness (QED) is 0.871. The van der Waals surface area contributed by atoms with E-state index in [0.717, 1.165) is 18.5 Å². The van der Waals surface area contributed by atoms with Crippen molar-refractivity contribution in [2.75, 3.05) is 0 Å². The van der Waals surface area contributed by atoms with E-state index in [-0.39, 0.29) is 5.92 Å². The fourth-order valence-corrected chi connectivity index (χ4v) is 2.83. The molecule has 0 aliphatic heterocycles. The van der Waals surface area contributed by atoms with Gasteiger partial charge in [0.25, 0.3) is 5.91 Å². The molecule has 1 aliphatic rings. The average molecular weight is 348 g/mol. The monoisotopic (exact) mass is 347 g/mol. The smallest absolute Gasteiger partial charge is 0.329 e. The number of aromatic nitrogens is 2. The Bertz CT molecular complexity index is 796. The van der Waals surface area contributed by atoms with E-state index < -0.39 is 17.4 Å². The second-order valence-corrected chi connectivity index (χ2v) is 6.72. The molecule has 1 fully saturated rings. The van der Waals surface area contributed by atoms with Crippen LogP contribution in [0.1, 0.15) is 35.8 Å². The standard InChI is InChI=1S/C17H18ClN3O3/c1-10-14(9-21(20-10)13-7-5-12(18)6-8-13)15(22)19-17(2,16(23)24)11-3-4-11/h5-9,11H,3-4H2,1-2H3,(H,19,22)(H,23,24)/t17-/m1/s1. The van der Waals surface area contributed by atoms with E-state index in [0.29, 0.717) is 16.3 Å². The molecular formula is C17H18ClN3O3. The second kappa shape index (κ2) is 5.94. The molecule has 0 saturated heterocycles. The summed E-state index contributed by atoms with van der Waals surface area (Å²) in [6.45, 7) is 3.28. The van der Waals surface area contributed by atoms with E-state index in [1.807, 2.05) is 0 Å². The van der Waals surface area contributed by atoms with Crippen LogP contribution in [0.25, 0.3) is 5.69 Å². The lowest BCUT2D eigenvalue weighted by Gasteiger charge is -2.25. The normalized spacial score (nSPS) is 16.5. The Morgan fingerprint density at radius 3 is 2.50 bits per heavy atom. The van der Waals surface area contributed by atoms with Crippen LogP contribution in [0, 0.1) is 12.8 Å². The van der Waals surface area contributed by atoms with Gasteiger partial charge in [0.05, 0.1) is 16.9 Å². The van der Waals surface area contributed by atoms with Crippen LogP contribution in [0.2, 0.25) is 5.02 Å². The van der Waals surface area contributed by atoms with E-state index in [2.05, 4.69) is 10.4 Å². The van der Waals surface area contributed by atoms with Crippen LogP contribution in [0.3, 0.4) is 0 Å². The van der Waals surface area contributed by atoms with Crippen molar-refractivity contribution in [3.05, 3.63) is 46.7 Å². The Hall–Kier alpha value is -2.34. The van der Waals surface area contributed by atoms with Gasteiger partial charge in [-0.15, -0.1) is 0 Å². The molecule has 1 aromatic heterocycles. The van der Waals surface area contributed by atoms with E-state index >= 15 is 0 Å². The van der Waals surface area contributed by atoms with Crippen LogP contribution in [-0.2, 0) is 4.79 Å². The molecule has 1 atom stereocenters. The van der Waals surface area contributed by atoms with Gasteiger partial charge in [0.2, 0.25) is 0 Å². The third kappa shape index (κ3) is 3.01. The Labute approximate surface area is 144 Å². The van der Waals surface area contributed by atoms with Gasteiger partial charge in [0.15, 0.2) is 0 Å². The summed E-state index contributed by atoms with van der Waals surface area (Å²) in [5.41, 5.74) is 0.417. The van der Waals surface area contributed by atoms with Crippen LogP contribution >= 0.6 is 11.6 Å². The lowest BCUT2D eigenvalue weighted by atomic mass is 9.95. The summed E-state index contributed by atoms with van der Waals surface area (Å²) >= 11 is 5.87. The molecule has 3 rings (SSSR count). The van der Waals surface area contributed by atoms with Crippen molar-refractivity contribution in [1.82, 2.24) is 15.1 Å². The highest BCUT2D eigenvalue weighted by Gasteiger charge is 2.48. The number of nitrogens with zero attached hydrogens (tertiary/aromatic N) is 2. The maximum absolute atomic E-state index is 12.6. The highest BCUT2D eigenvalue weighted by Crippen LogP contribution is 2.40. The fraction of sp³-hybridized carbons (Fsp3) is 0.353. The number of nitrogens with one attached hydrogen (secondary N) is 1. The summed E-state index contributed by atoms with van der Waals surface area (Å²) in [5, 5.41) is 17.1. The first-order valence-corrected chi connectivity index (χ1v) is 8.07. The molecule has 1 heterocycles. The minimum Gasteiger partial charge on any atom is -0.480 e. The minimum absolute atomic E-state index is 0.0226. The van der Waals surface area contributed by atoms with Gasteiger partial charge >= 0.3 is 5.97 Å². The lowest BCUT2D eigenvalue weighted by Crippen LogP contribution is -2.54. The highest BCUT2D eigenvalue weighted by molar-refractivity contribution is 6.30. The van der Waals surface area contributed by atoms with Crippen LogP contribution in [0.5, 0.6) is 0 Å². The molecule has 0 bridgehead atoms. The summed E-state index contributed by atoms with van der Waals surface area (Å²) < 4.78 is 1.58. The van der Waals surface area contributed by atoms with Crippen molar-refractivity contribution in [2.45, 2.75) is 32.2 Å². The third-order valence-electron chi connectivity index (χ3n) is 4.45. The van der Waals surface area contributed by atoms with Crippen molar-refractivity contribution in [3.63, 3.8) is 0 Å². The van der Waals surface area contributed by atoms with E-state index in [9.17, 15) is 14.7 Å². The number of carbonyl (C=O) groups is 2. The molecule has 0 spiro atoms. The van der Waals surface area contributed by atoms with Crippen LogP contribution < -0.4 is 5.32 Å². The van der Waals surface area contributed by atoms with Crippen LogP contribution in [0.15, 0.2) is 30.5 Å². The van der Waals surface area contributed by atoms with Gasteiger partial charge in [-0.05, 0) is 56.9 Å². The number of hydrogen-bond donors (Lipinski definition) is 2. The summed E-state index contributed by atoms with van der Waals surface area (Å²) in [6.07, 6.45) is 3.22. The molecular weight excluding hydrogens is 330 g/mol. The zero-order valence-corrected chi connectivity index (χ0v) is 14.2. The van der Waals surface area contributed by atoms with E-state index in [1.165, 1.54) is 0 Å². The van der Waals surface area contributed by atoms with Gasteiger partial charge < -0.3 is 10.4 Å². The number of aryl methyl sites for hydroxylation is 1. The minimum atomic E-state index is -1.24. The lowest BCUT2D eigenvalue weighted by molar-refractivity contribution is -0.144. The Balaban J connectivity index is 1.85. The number of halogens is 1. The molecule has 126 valence electrons. The number of carboxylic acid groups (broad SMARTS) is 1. The topological polar surface area (TPSA) is 84.2 Å². The van der Waals surface area contributed by atoms with Crippen molar-refractivity contribution in [3.8, 4) is 5.69 Å². The number of benzene rings is 1. The first-order chi connectivity index (χ1) is 11.3. The Kier molecular flexibility index (Phi) is 4.09. The average Bonchev–Trinajstić information content (AvgIpc) is 3.31. The van der Waals surface area contributed by atoms with Gasteiger partial charge in [-0.2, -0.15) is 5.10 Å². The largest absolute Gasteiger partial charge is 0.480 e. The van der Waals surface area contributed by atoms with Crippen molar-refractivity contribution in [1.29, 1.82) is 0 Å². The van der Waals surface area contributed by atoms with Gasteiger partial charge in [0.1, 0.15) is 5.54 Å². The molecule has 2 aromatic rings. The number of aliphatic carboxylic acids is 1. The first kappa shape index (κ1) is 16.5. The molecule has 2 N–H and O–H groups in total. The Morgan fingerprint density at radius 2 is 1.96 bits per heavy atom. The van der Waals surface area contributed by atoms with Crippen molar-refractivity contribution >= 4 is 23.5 Å². The molecule has 0 radical (unpaired) electrons. The third-order valence-corrected chi connectivity index (χ3v) is 4.70. The molecule has 24 heavy (non-hydrogen) atoms. The molecule has 7 heteroatoms. The maximum atomic E-state index is 12.6. The molecule has 6 nitrogen and oxygen atoms in total. The van der Waals surface area contributed by atoms with Crippen LogP contribution in [0.4, 0.5) is 0 Å². The molecule has 0 unspecified atom stereocenters. The SMILES string of the molecule is Cc1nn(-c2ccc(Cl)cc2)cc1C(=O)N[C@@](C)(C(=O)O)C1CC1. The number of carboxylic acids is 1. The highest BCUT2D eigenvalue weighted by atomic mass is 35.5. The number of carbonyl (C=O) groups excluding carboxylic acids is 1. The second-order valence-electron chi connectivity index (χ2n) is 6.29. The summed E-state index contributed by atoms with van der Waals surface area (Å²) in [7, 11) is 0. The fourth-order valence-electron chi connectivity index (χ4n) is 2.70. The molecule has 1 amide bonds. The Morgan fingerprint density at radius 1 is 1.33 bits per heavy atom. The van der Waals surface area contributed by atoms with Crippen molar-refractivity contribution in [2.24, 2.45) is 5.92 Å². The molecule has 1 saturated carbocycles. The van der Waals surface area contributed by atoms with Gasteiger partial charge in [0, 0.05) is 11.2 Å². The number of hydrogen-bond acceptors (Lipinski definition) is 3. The first-order valence-electron chi connectivity index (χ1n) is 7.69. The van der Waals surface area contributed by atoms with E-state index in [1.54, 1.807) is 49.0 Å². The van der Waals surface area contributed by atoms with Gasteiger partial charge in [-0.3, -0.25) is 4.79 Å². The van der Waals surface area contributed by atoms with E-state index in [4.69, 9.17) is 11.6 Å². The van der Waals surface area contributed by atoms with Gasteiger partial charge in [-0.25, -0.2) is 9.48 Å². The zero-order valence-electron chi connectivity index (χ0n) is 13.4. The zero-order chi connectivity index (χ0) is 17.5. The van der Waals surface area contributed by atoms with Crippen molar-refractivity contribution < 1.29 is 14.7 Å².